The highest BCUT2D eigenvalue weighted by Gasteiger charge is 2.33. The molecule has 0 bridgehead atoms. The summed E-state index contributed by atoms with van der Waals surface area (Å²) < 4.78 is 5.56. The summed E-state index contributed by atoms with van der Waals surface area (Å²) in [6.07, 6.45) is 2.60. The van der Waals surface area contributed by atoms with Crippen LogP contribution in [0.25, 0.3) is 11.4 Å². The van der Waals surface area contributed by atoms with Gasteiger partial charge in [-0.15, -0.1) is 0 Å². The fourth-order valence-corrected chi connectivity index (χ4v) is 4.25. The van der Waals surface area contributed by atoms with E-state index in [1.54, 1.807) is 34.1 Å². The fourth-order valence-electron chi connectivity index (χ4n) is 4.06. The number of aryl methyl sites for hydroxylation is 1. The predicted octanol–water partition coefficient (Wildman–Crippen LogP) is 4.91. The number of carbonyl (C=O) groups is 2. The number of carbonyl (C=O) groups excluding carboxylic acids is 2. The summed E-state index contributed by atoms with van der Waals surface area (Å²) >= 11 is 6.08. The molecule has 0 N–H and O–H groups in total. The molecule has 0 aliphatic carbocycles. The number of rotatable bonds is 6. The minimum Gasteiger partial charge on any atom is -0.337 e. The Balaban J connectivity index is 1.50. The molecule has 3 aromatic rings. The van der Waals surface area contributed by atoms with Crippen LogP contribution < -0.4 is 0 Å². The van der Waals surface area contributed by atoms with Crippen molar-refractivity contribution >= 4 is 23.4 Å². The number of aromatic nitrogens is 2. The largest absolute Gasteiger partial charge is 0.337 e. The summed E-state index contributed by atoms with van der Waals surface area (Å²) in [6.45, 7) is 4.89. The van der Waals surface area contributed by atoms with E-state index in [2.05, 4.69) is 10.1 Å². The van der Waals surface area contributed by atoms with E-state index in [1.165, 1.54) is 0 Å². The molecule has 4 rings (SSSR count). The number of piperidine rings is 1. The van der Waals surface area contributed by atoms with Crippen LogP contribution in [0.2, 0.25) is 5.02 Å². The Morgan fingerprint density at radius 1 is 1.18 bits per heavy atom. The molecule has 1 saturated heterocycles. The maximum atomic E-state index is 13.3. The molecule has 1 aromatic heterocycles. The third-order valence-electron chi connectivity index (χ3n) is 5.93. The molecule has 1 aliphatic rings. The highest BCUT2D eigenvalue weighted by Crippen LogP contribution is 2.31. The van der Waals surface area contributed by atoms with Crippen LogP contribution in [0.1, 0.15) is 54.0 Å². The van der Waals surface area contributed by atoms with Gasteiger partial charge >= 0.3 is 0 Å². The molecular formula is C25H27ClN4O3. The van der Waals surface area contributed by atoms with Gasteiger partial charge in [-0.25, -0.2) is 0 Å². The highest BCUT2D eigenvalue weighted by atomic mass is 35.5. The quantitative estimate of drug-likeness (QED) is 0.515. The second-order valence-corrected chi connectivity index (χ2v) is 8.69. The summed E-state index contributed by atoms with van der Waals surface area (Å²) in [5.41, 5.74) is 2.42. The lowest BCUT2D eigenvalue weighted by Crippen LogP contribution is -2.46. The predicted molar refractivity (Wildman–Crippen MR) is 126 cm³/mol. The maximum absolute atomic E-state index is 13.3. The van der Waals surface area contributed by atoms with Crippen molar-refractivity contribution in [3.8, 4) is 11.4 Å². The first-order chi connectivity index (χ1) is 16.0. The van der Waals surface area contributed by atoms with E-state index in [1.807, 2.05) is 38.1 Å². The monoisotopic (exact) mass is 466 g/mol. The van der Waals surface area contributed by atoms with Crippen LogP contribution in [0.4, 0.5) is 0 Å². The van der Waals surface area contributed by atoms with Gasteiger partial charge in [0.05, 0.1) is 0 Å². The summed E-state index contributed by atoms with van der Waals surface area (Å²) in [7, 11) is 0. The van der Waals surface area contributed by atoms with E-state index >= 15 is 0 Å². The summed E-state index contributed by atoms with van der Waals surface area (Å²) in [6, 6.07) is 14.3. The average Bonchev–Trinajstić information content (AvgIpc) is 3.33. The molecular weight excluding hydrogens is 440 g/mol. The van der Waals surface area contributed by atoms with Gasteiger partial charge < -0.3 is 14.3 Å². The molecule has 2 amide bonds. The van der Waals surface area contributed by atoms with E-state index in [0.29, 0.717) is 35.4 Å². The lowest BCUT2D eigenvalue weighted by molar-refractivity contribution is -0.136. The Kier molecular flexibility index (Phi) is 7.08. The van der Waals surface area contributed by atoms with Gasteiger partial charge in [0.15, 0.2) is 0 Å². The number of amides is 2. The zero-order chi connectivity index (χ0) is 23.4. The molecule has 33 heavy (non-hydrogen) atoms. The van der Waals surface area contributed by atoms with Crippen LogP contribution in [-0.2, 0) is 4.79 Å². The van der Waals surface area contributed by atoms with E-state index in [0.717, 1.165) is 30.4 Å². The van der Waals surface area contributed by atoms with Gasteiger partial charge in [0.2, 0.25) is 17.6 Å². The van der Waals surface area contributed by atoms with Crippen molar-refractivity contribution in [2.45, 2.75) is 39.2 Å². The van der Waals surface area contributed by atoms with Gasteiger partial charge in [-0.3, -0.25) is 9.59 Å². The Hall–Kier alpha value is -3.19. The topological polar surface area (TPSA) is 79.5 Å². The molecule has 8 heteroatoms. The lowest BCUT2D eigenvalue weighted by Gasteiger charge is -2.35. The molecule has 1 fully saturated rings. The number of likely N-dealkylation sites (tertiary alicyclic amines) is 1. The fraction of sp³-hybridized carbons (Fsp3) is 0.360. The van der Waals surface area contributed by atoms with Gasteiger partial charge in [0, 0.05) is 29.2 Å². The lowest BCUT2D eigenvalue weighted by atomic mass is 10.0. The smallest absolute Gasteiger partial charge is 0.254 e. The summed E-state index contributed by atoms with van der Waals surface area (Å²) in [4.78, 5) is 34.1. The zero-order valence-corrected chi connectivity index (χ0v) is 19.6. The second-order valence-electron chi connectivity index (χ2n) is 8.25. The second kappa shape index (κ2) is 10.2. The third-order valence-corrected chi connectivity index (χ3v) is 6.16. The van der Waals surface area contributed by atoms with Gasteiger partial charge in [-0.1, -0.05) is 46.6 Å². The van der Waals surface area contributed by atoms with E-state index in [4.69, 9.17) is 16.1 Å². The van der Waals surface area contributed by atoms with E-state index in [9.17, 15) is 9.59 Å². The Labute approximate surface area is 198 Å². The van der Waals surface area contributed by atoms with Crippen molar-refractivity contribution in [2.24, 2.45) is 0 Å². The number of benzene rings is 2. The van der Waals surface area contributed by atoms with E-state index < -0.39 is 0 Å². The standard InChI is InChI=1S/C25H27ClN4O3/c1-3-29(25(32)18-12-10-17(2)11-13-18)16-22(31)30-14-5-4-9-21(30)24-27-23(28-33-24)19-7-6-8-20(26)15-19/h6-8,10-13,15,21H,3-5,9,14,16H2,1-2H3. The Morgan fingerprint density at radius 2 is 1.97 bits per heavy atom. The molecule has 172 valence electrons. The number of halogens is 1. The highest BCUT2D eigenvalue weighted by molar-refractivity contribution is 6.30. The first-order valence-corrected chi connectivity index (χ1v) is 11.6. The molecule has 1 atom stereocenters. The zero-order valence-electron chi connectivity index (χ0n) is 18.8. The van der Waals surface area contributed by atoms with Crippen LogP contribution in [-0.4, -0.2) is 51.4 Å². The molecule has 2 heterocycles. The molecule has 0 saturated carbocycles. The van der Waals surface area contributed by atoms with E-state index in [-0.39, 0.29) is 24.4 Å². The normalized spacial score (nSPS) is 16.0. The van der Waals surface area contributed by atoms with Gasteiger partial charge in [-0.2, -0.15) is 4.98 Å². The van der Waals surface area contributed by atoms with Gasteiger partial charge in [0.1, 0.15) is 12.6 Å². The molecule has 1 unspecified atom stereocenters. The molecule has 2 aromatic carbocycles. The van der Waals surface area contributed by atoms with Crippen molar-refractivity contribution < 1.29 is 14.1 Å². The average molecular weight is 467 g/mol. The van der Waals surface area contributed by atoms with Gasteiger partial charge in [-0.05, 0) is 57.4 Å². The van der Waals surface area contributed by atoms with Crippen LogP contribution >= 0.6 is 11.6 Å². The van der Waals surface area contributed by atoms with Crippen LogP contribution in [0.5, 0.6) is 0 Å². The SMILES string of the molecule is CCN(CC(=O)N1CCCCC1c1nc(-c2cccc(Cl)c2)no1)C(=O)c1ccc(C)cc1. The van der Waals surface area contributed by atoms with Crippen molar-refractivity contribution in [1.82, 2.24) is 19.9 Å². The Bertz CT molecular complexity index is 1130. The summed E-state index contributed by atoms with van der Waals surface area (Å²) in [5.74, 6) is 0.575. The van der Waals surface area contributed by atoms with Gasteiger partial charge in [0.25, 0.3) is 5.91 Å². The number of likely N-dealkylation sites (N-methyl/N-ethyl adjacent to an activating group) is 1. The first kappa shape index (κ1) is 23.0. The molecule has 1 aliphatic heterocycles. The number of hydrogen-bond acceptors (Lipinski definition) is 5. The van der Waals surface area contributed by atoms with Crippen molar-refractivity contribution in [1.29, 1.82) is 0 Å². The summed E-state index contributed by atoms with van der Waals surface area (Å²) in [5, 5.41) is 4.69. The van der Waals surface area contributed by atoms with Crippen LogP contribution in [0.15, 0.2) is 53.1 Å². The maximum Gasteiger partial charge on any atom is 0.254 e. The van der Waals surface area contributed by atoms with Crippen molar-refractivity contribution in [2.75, 3.05) is 19.6 Å². The Morgan fingerprint density at radius 3 is 2.70 bits per heavy atom. The molecule has 7 nitrogen and oxygen atoms in total. The third kappa shape index (κ3) is 5.25. The minimum atomic E-state index is -0.306. The number of hydrogen-bond donors (Lipinski definition) is 0. The minimum absolute atomic E-state index is 0.00893. The molecule has 0 spiro atoms. The van der Waals surface area contributed by atoms with Crippen molar-refractivity contribution in [3.63, 3.8) is 0 Å². The number of nitrogens with zero attached hydrogens (tertiary/aromatic N) is 4. The first-order valence-electron chi connectivity index (χ1n) is 11.2. The van der Waals surface area contributed by atoms with Crippen LogP contribution in [0, 0.1) is 6.92 Å². The molecule has 0 radical (unpaired) electrons. The van der Waals surface area contributed by atoms with Crippen LogP contribution in [0.3, 0.4) is 0 Å². The van der Waals surface area contributed by atoms with Crippen molar-refractivity contribution in [3.05, 3.63) is 70.6 Å².